The van der Waals surface area contributed by atoms with Gasteiger partial charge in [0.2, 0.25) is 5.95 Å². The van der Waals surface area contributed by atoms with Gasteiger partial charge in [0.1, 0.15) is 5.82 Å². The number of allylic oxidation sites excluding steroid dienone is 2. The Morgan fingerprint density at radius 1 is 1.25 bits per heavy atom. The molecule has 1 aliphatic heterocycles. The average Bonchev–Trinajstić information content (AvgIpc) is 2.91. The number of aromatic amines is 1. The number of nitrogens with zero attached hydrogens (tertiary/aromatic N) is 3. The molecular weight excluding hydrogens is 252 g/mol. The predicted octanol–water partition coefficient (Wildman–Crippen LogP) is 2.01. The molecule has 0 amide bonds. The quantitative estimate of drug-likeness (QED) is 0.793. The van der Waals surface area contributed by atoms with E-state index in [-0.39, 0.29) is 0 Å². The minimum absolute atomic E-state index is 0.625. The van der Waals surface area contributed by atoms with Crippen LogP contribution in [0, 0.1) is 0 Å². The molecule has 6 nitrogen and oxygen atoms in total. The Labute approximate surface area is 116 Å². The lowest BCUT2D eigenvalue weighted by Gasteiger charge is -2.14. The summed E-state index contributed by atoms with van der Waals surface area (Å²) < 4.78 is 0. The van der Waals surface area contributed by atoms with E-state index in [1.807, 2.05) is 0 Å². The highest BCUT2D eigenvalue weighted by Gasteiger charge is 2.18. The van der Waals surface area contributed by atoms with Crippen molar-refractivity contribution in [1.29, 1.82) is 0 Å². The minimum Gasteiger partial charge on any atom is -0.369 e. The molecule has 2 aliphatic rings. The number of H-pyrrole nitrogens is 1. The van der Waals surface area contributed by atoms with Crippen LogP contribution in [0.1, 0.15) is 18.5 Å². The topological polar surface area (TPSA) is 78.5 Å². The van der Waals surface area contributed by atoms with Crippen LogP contribution in [0.2, 0.25) is 0 Å². The molecular formula is C14H16N6. The zero-order chi connectivity index (χ0) is 13.4. The molecule has 6 heteroatoms. The highest BCUT2D eigenvalue weighted by Crippen LogP contribution is 2.27. The van der Waals surface area contributed by atoms with Gasteiger partial charge in [0.25, 0.3) is 0 Å². The number of anilines is 2. The Morgan fingerprint density at radius 3 is 3.15 bits per heavy atom. The Bertz CT molecular complexity index is 712. The standard InChI is InChI=1S/C14H16N6/c1-2-4-9(5-3-1)8-16-14-17-12-11-10(6-7-15-12)19-20-13(11)18-14/h2,4-5H,1,3,6-8H2,(H3,15,16,17,18,19,20). The molecule has 0 saturated carbocycles. The van der Waals surface area contributed by atoms with Gasteiger partial charge < -0.3 is 10.6 Å². The molecule has 0 bridgehead atoms. The molecule has 0 saturated heterocycles. The van der Waals surface area contributed by atoms with Crippen molar-refractivity contribution in [3.63, 3.8) is 0 Å². The largest absolute Gasteiger partial charge is 0.369 e. The van der Waals surface area contributed by atoms with E-state index in [9.17, 15) is 0 Å². The molecule has 4 rings (SSSR count). The summed E-state index contributed by atoms with van der Waals surface area (Å²) in [5.74, 6) is 1.50. The molecule has 0 aromatic carbocycles. The molecule has 0 atom stereocenters. The average molecular weight is 268 g/mol. The van der Waals surface area contributed by atoms with Gasteiger partial charge in [0.15, 0.2) is 5.65 Å². The SMILES string of the molecule is C1=CC(CNc2nc3c4c([nH]nc4n2)CCN3)=CCC1. The van der Waals surface area contributed by atoms with Gasteiger partial charge in [-0.1, -0.05) is 18.2 Å². The first-order valence-electron chi connectivity index (χ1n) is 6.98. The molecule has 3 N–H and O–H groups in total. The minimum atomic E-state index is 0.625. The molecule has 102 valence electrons. The summed E-state index contributed by atoms with van der Waals surface area (Å²) in [5, 5.41) is 14.9. The summed E-state index contributed by atoms with van der Waals surface area (Å²) in [6.45, 7) is 1.63. The fraction of sp³-hybridized carbons (Fsp3) is 0.357. The zero-order valence-corrected chi connectivity index (χ0v) is 11.1. The van der Waals surface area contributed by atoms with Gasteiger partial charge in [0, 0.05) is 19.5 Å². The fourth-order valence-corrected chi connectivity index (χ4v) is 2.66. The highest BCUT2D eigenvalue weighted by atomic mass is 15.2. The van der Waals surface area contributed by atoms with E-state index < -0.39 is 0 Å². The number of hydrogen-bond donors (Lipinski definition) is 3. The summed E-state index contributed by atoms with van der Waals surface area (Å²) >= 11 is 0. The molecule has 2 aromatic heterocycles. The van der Waals surface area contributed by atoms with Gasteiger partial charge in [-0.05, 0) is 18.4 Å². The highest BCUT2D eigenvalue weighted by molar-refractivity contribution is 5.91. The third kappa shape index (κ3) is 1.93. The lowest BCUT2D eigenvalue weighted by Crippen LogP contribution is -2.14. The van der Waals surface area contributed by atoms with Gasteiger partial charge in [-0.25, -0.2) is 0 Å². The maximum absolute atomic E-state index is 4.54. The van der Waals surface area contributed by atoms with Crippen molar-refractivity contribution in [3.8, 4) is 0 Å². The van der Waals surface area contributed by atoms with Gasteiger partial charge in [-0.15, -0.1) is 0 Å². The first-order chi connectivity index (χ1) is 9.90. The fourth-order valence-electron chi connectivity index (χ4n) is 2.66. The molecule has 20 heavy (non-hydrogen) atoms. The van der Waals surface area contributed by atoms with Crippen LogP contribution in [-0.4, -0.2) is 33.3 Å². The van der Waals surface area contributed by atoms with Crippen LogP contribution in [-0.2, 0) is 6.42 Å². The summed E-state index contributed by atoms with van der Waals surface area (Å²) in [6.07, 6.45) is 9.80. The predicted molar refractivity (Wildman–Crippen MR) is 78.8 cm³/mol. The van der Waals surface area contributed by atoms with Crippen LogP contribution in [0.5, 0.6) is 0 Å². The zero-order valence-electron chi connectivity index (χ0n) is 11.1. The Hall–Kier alpha value is -2.37. The van der Waals surface area contributed by atoms with Crippen molar-refractivity contribution >= 4 is 22.8 Å². The third-order valence-corrected chi connectivity index (χ3v) is 3.68. The lowest BCUT2D eigenvalue weighted by molar-refractivity contribution is 0.923. The number of hydrogen-bond acceptors (Lipinski definition) is 5. The molecule has 2 aromatic rings. The van der Waals surface area contributed by atoms with Crippen molar-refractivity contribution in [3.05, 3.63) is 29.5 Å². The van der Waals surface area contributed by atoms with E-state index in [0.29, 0.717) is 5.95 Å². The molecule has 0 fully saturated rings. The van der Waals surface area contributed by atoms with E-state index >= 15 is 0 Å². The van der Waals surface area contributed by atoms with Gasteiger partial charge in [-0.2, -0.15) is 15.1 Å². The third-order valence-electron chi connectivity index (χ3n) is 3.68. The number of nitrogens with one attached hydrogen (secondary N) is 3. The van der Waals surface area contributed by atoms with Crippen LogP contribution < -0.4 is 10.6 Å². The van der Waals surface area contributed by atoms with E-state index in [0.717, 1.165) is 54.9 Å². The van der Waals surface area contributed by atoms with Crippen molar-refractivity contribution < 1.29 is 0 Å². The van der Waals surface area contributed by atoms with E-state index in [4.69, 9.17) is 0 Å². The second kappa shape index (κ2) is 4.63. The van der Waals surface area contributed by atoms with E-state index in [2.05, 4.69) is 49.0 Å². The molecule has 0 unspecified atom stereocenters. The second-order valence-electron chi connectivity index (χ2n) is 5.09. The molecule has 0 radical (unpaired) electrons. The summed E-state index contributed by atoms with van der Waals surface area (Å²) in [6, 6.07) is 0. The van der Waals surface area contributed by atoms with E-state index in [1.165, 1.54) is 5.57 Å². The first kappa shape index (κ1) is 11.5. The smallest absolute Gasteiger partial charge is 0.227 e. The van der Waals surface area contributed by atoms with Crippen molar-refractivity contribution in [2.45, 2.75) is 19.3 Å². The van der Waals surface area contributed by atoms with Crippen LogP contribution in [0.4, 0.5) is 11.8 Å². The van der Waals surface area contributed by atoms with Gasteiger partial charge >= 0.3 is 0 Å². The first-order valence-corrected chi connectivity index (χ1v) is 6.98. The number of rotatable bonds is 3. The lowest BCUT2D eigenvalue weighted by atomic mass is 10.1. The van der Waals surface area contributed by atoms with Crippen LogP contribution >= 0.6 is 0 Å². The summed E-state index contributed by atoms with van der Waals surface area (Å²) in [7, 11) is 0. The Kier molecular flexibility index (Phi) is 2.65. The van der Waals surface area contributed by atoms with Crippen LogP contribution in [0.3, 0.4) is 0 Å². The normalized spacial score (nSPS) is 16.9. The second-order valence-corrected chi connectivity index (χ2v) is 5.09. The Morgan fingerprint density at radius 2 is 2.25 bits per heavy atom. The van der Waals surface area contributed by atoms with Crippen molar-refractivity contribution in [1.82, 2.24) is 20.2 Å². The van der Waals surface area contributed by atoms with Crippen molar-refractivity contribution in [2.24, 2.45) is 0 Å². The summed E-state index contributed by atoms with van der Waals surface area (Å²) in [4.78, 5) is 9.01. The molecule has 3 heterocycles. The van der Waals surface area contributed by atoms with Gasteiger partial charge in [-0.3, -0.25) is 5.10 Å². The van der Waals surface area contributed by atoms with Crippen molar-refractivity contribution in [2.75, 3.05) is 23.7 Å². The van der Waals surface area contributed by atoms with Crippen LogP contribution in [0.25, 0.3) is 11.0 Å². The molecule has 1 aliphatic carbocycles. The Balaban J connectivity index is 1.61. The van der Waals surface area contributed by atoms with E-state index in [1.54, 1.807) is 0 Å². The molecule has 0 spiro atoms. The monoisotopic (exact) mass is 268 g/mol. The van der Waals surface area contributed by atoms with Crippen LogP contribution in [0.15, 0.2) is 23.8 Å². The maximum Gasteiger partial charge on any atom is 0.227 e. The number of aromatic nitrogens is 4. The summed E-state index contributed by atoms with van der Waals surface area (Å²) in [5.41, 5.74) is 3.13. The van der Waals surface area contributed by atoms with Gasteiger partial charge in [0.05, 0.1) is 11.1 Å². The maximum atomic E-state index is 4.54.